The molecule has 0 saturated carbocycles. The van der Waals surface area contributed by atoms with Gasteiger partial charge in [-0.25, -0.2) is 4.39 Å². The van der Waals surface area contributed by atoms with Crippen molar-refractivity contribution >= 4 is 0 Å². The number of nitrogens with two attached hydrogens (primary N) is 1. The minimum atomic E-state index is -0.254. The number of hydrogen-bond donors (Lipinski definition) is 1. The van der Waals surface area contributed by atoms with Crippen LogP contribution in [0, 0.1) is 5.82 Å². The lowest BCUT2D eigenvalue weighted by atomic mass is 10.1. The minimum Gasteiger partial charge on any atom is -0.371 e. The molecule has 4 atom stereocenters. The molecule has 2 aliphatic rings. The first kappa shape index (κ1) is 12.0. The smallest absolute Gasteiger partial charge is 0.123 e. The van der Waals surface area contributed by atoms with Crippen molar-refractivity contribution in [3.8, 4) is 0 Å². The highest BCUT2D eigenvalue weighted by Crippen LogP contribution is 2.28. The minimum absolute atomic E-state index is 0.0671. The van der Waals surface area contributed by atoms with Gasteiger partial charge < -0.3 is 19.9 Å². The average Bonchev–Trinajstić information content (AvgIpc) is 2.91. The standard InChI is InChI=1S/C13H16FNO3/c14-9-3-1-2-8(4-9)5-16-11-7-18-12-10(15)6-17-13(11)12/h1-4,10-13H,5-7,15H2/t10-,11+,12+,13+/m1/s1. The van der Waals surface area contributed by atoms with Crippen LogP contribution in [-0.2, 0) is 20.8 Å². The largest absolute Gasteiger partial charge is 0.371 e. The molecule has 2 N–H and O–H groups in total. The van der Waals surface area contributed by atoms with Crippen molar-refractivity contribution < 1.29 is 18.6 Å². The summed E-state index contributed by atoms with van der Waals surface area (Å²) in [6, 6.07) is 6.31. The van der Waals surface area contributed by atoms with Gasteiger partial charge >= 0.3 is 0 Å². The fraction of sp³-hybridized carbons (Fsp3) is 0.538. The van der Waals surface area contributed by atoms with Crippen LogP contribution in [0.1, 0.15) is 5.56 Å². The number of fused-ring (bicyclic) bond motifs is 1. The van der Waals surface area contributed by atoms with Gasteiger partial charge in [0.05, 0.1) is 25.9 Å². The summed E-state index contributed by atoms with van der Waals surface area (Å²) in [6.45, 7) is 1.35. The van der Waals surface area contributed by atoms with Crippen LogP contribution in [0.4, 0.5) is 4.39 Å². The van der Waals surface area contributed by atoms with Gasteiger partial charge in [-0.05, 0) is 17.7 Å². The van der Waals surface area contributed by atoms with Gasteiger partial charge in [-0.3, -0.25) is 0 Å². The first-order valence-electron chi connectivity index (χ1n) is 6.09. The Kier molecular flexibility index (Phi) is 3.30. The second-order valence-electron chi connectivity index (χ2n) is 4.74. The van der Waals surface area contributed by atoms with Crippen LogP contribution >= 0.6 is 0 Å². The molecule has 0 unspecified atom stereocenters. The summed E-state index contributed by atoms with van der Waals surface area (Å²) in [7, 11) is 0. The van der Waals surface area contributed by atoms with Gasteiger partial charge in [-0.1, -0.05) is 12.1 Å². The first-order valence-corrected chi connectivity index (χ1v) is 6.09. The van der Waals surface area contributed by atoms with Crippen molar-refractivity contribution in [3.63, 3.8) is 0 Å². The van der Waals surface area contributed by atoms with Crippen LogP contribution in [-0.4, -0.2) is 37.6 Å². The third-order valence-electron chi connectivity index (χ3n) is 3.40. The Hall–Kier alpha value is -1.01. The van der Waals surface area contributed by atoms with Gasteiger partial charge in [-0.2, -0.15) is 0 Å². The summed E-state index contributed by atoms with van der Waals surface area (Å²) >= 11 is 0. The topological polar surface area (TPSA) is 53.7 Å². The lowest BCUT2D eigenvalue weighted by molar-refractivity contribution is -0.0390. The van der Waals surface area contributed by atoms with Gasteiger partial charge in [0.1, 0.15) is 24.1 Å². The number of ether oxygens (including phenoxy) is 3. The number of hydrogen-bond acceptors (Lipinski definition) is 4. The second kappa shape index (κ2) is 4.93. The molecule has 1 aromatic rings. The van der Waals surface area contributed by atoms with Crippen LogP contribution < -0.4 is 5.73 Å². The summed E-state index contributed by atoms with van der Waals surface area (Å²) in [6.07, 6.45) is -0.275. The molecule has 2 fully saturated rings. The van der Waals surface area contributed by atoms with E-state index in [1.165, 1.54) is 12.1 Å². The molecule has 2 heterocycles. The van der Waals surface area contributed by atoms with E-state index in [4.69, 9.17) is 19.9 Å². The summed E-state index contributed by atoms with van der Waals surface area (Å²) < 4.78 is 29.9. The molecule has 4 nitrogen and oxygen atoms in total. The molecule has 2 aliphatic heterocycles. The van der Waals surface area contributed by atoms with Gasteiger partial charge in [-0.15, -0.1) is 0 Å². The molecule has 0 radical (unpaired) electrons. The molecular weight excluding hydrogens is 237 g/mol. The van der Waals surface area contributed by atoms with Crippen molar-refractivity contribution in [1.82, 2.24) is 0 Å². The van der Waals surface area contributed by atoms with Crippen LogP contribution in [0.25, 0.3) is 0 Å². The van der Waals surface area contributed by atoms with Crippen LogP contribution in [0.3, 0.4) is 0 Å². The normalized spacial score (nSPS) is 34.8. The molecular formula is C13H16FNO3. The fourth-order valence-corrected chi connectivity index (χ4v) is 2.47. The summed E-state index contributed by atoms with van der Waals surface area (Å²) in [5, 5.41) is 0. The van der Waals surface area contributed by atoms with Crippen LogP contribution in [0.2, 0.25) is 0 Å². The molecule has 2 saturated heterocycles. The highest BCUT2D eigenvalue weighted by Gasteiger charge is 2.46. The highest BCUT2D eigenvalue weighted by atomic mass is 19.1. The maximum absolute atomic E-state index is 13.0. The Balaban J connectivity index is 1.58. The average molecular weight is 253 g/mol. The number of rotatable bonds is 3. The van der Waals surface area contributed by atoms with E-state index in [1.54, 1.807) is 6.07 Å². The SMILES string of the molecule is N[C@@H]1CO[C@@H]2[C@H]1OC[C@@H]2OCc1cccc(F)c1. The Morgan fingerprint density at radius 3 is 2.94 bits per heavy atom. The molecule has 18 heavy (non-hydrogen) atoms. The molecule has 1 aromatic carbocycles. The highest BCUT2D eigenvalue weighted by molar-refractivity contribution is 5.15. The molecule has 5 heteroatoms. The predicted octanol–water partition coefficient (Wildman–Crippen LogP) is 0.836. The van der Waals surface area contributed by atoms with Crippen LogP contribution in [0.15, 0.2) is 24.3 Å². The molecule has 0 bridgehead atoms. The monoisotopic (exact) mass is 253 g/mol. The van der Waals surface area contributed by atoms with E-state index in [2.05, 4.69) is 0 Å². The maximum Gasteiger partial charge on any atom is 0.123 e. The van der Waals surface area contributed by atoms with Gasteiger partial charge in [0.15, 0.2) is 0 Å². The molecule has 0 spiro atoms. The zero-order valence-corrected chi connectivity index (χ0v) is 9.92. The van der Waals surface area contributed by atoms with E-state index < -0.39 is 0 Å². The number of benzene rings is 1. The van der Waals surface area contributed by atoms with Crippen molar-refractivity contribution in [2.75, 3.05) is 13.2 Å². The van der Waals surface area contributed by atoms with E-state index >= 15 is 0 Å². The van der Waals surface area contributed by atoms with E-state index in [9.17, 15) is 4.39 Å². The number of halogens is 1. The molecule has 0 amide bonds. The van der Waals surface area contributed by atoms with Crippen molar-refractivity contribution in [1.29, 1.82) is 0 Å². The first-order chi connectivity index (χ1) is 8.74. The lowest BCUT2D eigenvalue weighted by Gasteiger charge is -2.16. The second-order valence-corrected chi connectivity index (χ2v) is 4.74. The molecule has 0 aliphatic carbocycles. The van der Waals surface area contributed by atoms with Crippen molar-refractivity contribution in [2.24, 2.45) is 5.73 Å². The van der Waals surface area contributed by atoms with E-state index in [-0.39, 0.29) is 30.2 Å². The predicted molar refractivity (Wildman–Crippen MR) is 62.4 cm³/mol. The third kappa shape index (κ3) is 2.27. The van der Waals surface area contributed by atoms with E-state index in [0.29, 0.717) is 19.8 Å². The molecule has 3 rings (SSSR count). The summed E-state index contributed by atoms with van der Waals surface area (Å²) in [5.41, 5.74) is 6.66. The quantitative estimate of drug-likeness (QED) is 0.867. The summed E-state index contributed by atoms with van der Waals surface area (Å²) in [4.78, 5) is 0. The maximum atomic E-state index is 13.0. The van der Waals surface area contributed by atoms with Gasteiger partial charge in [0, 0.05) is 0 Å². The van der Waals surface area contributed by atoms with Gasteiger partial charge in [0.25, 0.3) is 0 Å². The van der Waals surface area contributed by atoms with E-state index in [1.807, 2.05) is 6.07 Å². The summed E-state index contributed by atoms with van der Waals surface area (Å²) in [5.74, 6) is -0.254. The zero-order valence-electron chi connectivity index (χ0n) is 9.92. The Bertz CT molecular complexity index is 428. The Labute approximate surface area is 105 Å². The molecule has 0 aromatic heterocycles. The van der Waals surface area contributed by atoms with Gasteiger partial charge in [0.2, 0.25) is 0 Å². The Morgan fingerprint density at radius 1 is 1.28 bits per heavy atom. The Morgan fingerprint density at radius 2 is 2.11 bits per heavy atom. The fourth-order valence-electron chi connectivity index (χ4n) is 2.47. The van der Waals surface area contributed by atoms with Crippen LogP contribution in [0.5, 0.6) is 0 Å². The lowest BCUT2D eigenvalue weighted by Crippen LogP contribution is -2.37. The molecule has 98 valence electrons. The van der Waals surface area contributed by atoms with E-state index in [0.717, 1.165) is 5.56 Å². The zero-order chi connectivity index (χ0) is 12.5. The third-order valence-corrected chi connectivity index (χ3v) is 3.40. The van der Waals surface area contributed by atoms with Crippen molar-refractivity contribution in [3.05, 3.63) is 35.6 Å². The van der Waals surface area contributed by atoms with Crippen molar-refractivity contribution in [2.45, 2.75) is 31.0 Å².